The lowest BCUT2D eigenvalue weighted by molar-refractivity contribution is -0.231. The molecule has 5 nitrogen and oxygen atoms in total. The van der Waals surface area contributed by atoms with E-state index in [1.54, 1.807) is 0 Å². The number of thiol groups is 1. The molecular formula is C6H13NO4S. The molecule has 0 radical (unpaired) electrons. The fraction of sp³-hybridized carbons (Fsp3) is 0.833. The molecule has 0 aromatic heterocycles. The Kier molecular flexibility index (Phi) is 5.03. The molecule has 0 saturated heterocycles. The van der Waals surface area contributed by atoms with Crippen LogP contribution in [-0.4, -0.2) is 12.7 Å². The fourth-order valence-electron chi connectivity index (χ4n) is 0.364. The van der Waals surface area contributed by atoms with E-state index in [1.165, 1.54) is 0 Å². The SMILES string of the molecule is CC(C)(C)COC(=O)NOOS. The van der Waals surface area contributed by atoms with Gasteiger partial charge in [-0.05, 0) is 5.41 Å². The van der Waals surface area contributed by atoms with E-state index < -0.39 is 6.09 Å². The van der Waals surface area contributed by atoms with Crippen LogP contribution in [-0.2, 0) is 14.1 Å². The lowest BCUT2D eigenvalue weighted by Crippen LogP contribution is -2.27. The van der Waals surface area contributed by atoms with Crippen molar-refractivity contribution in [2.45, 2.75) is 20.8 Å². The van der Waals surface area contributed by atoms with Crippen LogP contribution in [0.1, 0.15) is 20.8 Å². The van der Waals surface area contributed by atoms with Gasteiger partial charge in [0.05, 0.1) is 6.61 Å². The highest BCUT2D eigenvalue weighted by Gasteiger charge is 2.13. The first-order valence-electron chi connectivity index (χ1n) is 3.35. The molecule has 1 N–H and O–H groups in total. The Morgan fingerprint density at radius 1 is 1.50 bits per heavy atom. The summed E-state index contributed by atoms with van der Waals surface area (Å²) in [7, 11) is 0. The lowest BCUT2D eigenvalue weighted by Gasteiger charge is -2.17. The molecule has 0 aliphatic heterocycles. The smallest absolute Gasteiger partial charge is 0.433 e. The number of hydrogen-bond acceptors (Lipinski definition) is 5. The van der Waals surface area contributed by atoms with Crippen LogP contribution in [0.25, 0.3) is 0 Å². The third kappa shape index (κ3) is 7.64. The van der Waals surface area contributed by atoms with Gasteiger partial charge in [0, 0.05) is 12.9 Å². The number of carbonyl (C=O) groups excluding carboxylic acids is 1. The summed E-state index contributed by atoms with van der Waals surface area (Å²) >= 11 is 3.23. The third-order valence-electron chi connectivity index (χ3n) is 0.799. The number of amides is 1. The zero-order chi connectivity index (χ0) is 9.61. The van der Waals surface area contributed by atoms with Crippen LogP contribution in [0.2, 0.25) is 0 Å². The maximum Gasteiger partial charge on any atom is 0.433 e. The van der Waals surface area contributed by atoms with Crippen LogP contribution in [0, 0.1) is 5.41 Å². The molecule has 0 saturated carbocycles. The van der Waals surface area contributed by atoms with Gasteiger partial charge in [0.15, 0.2) is 0 Å². The predicted molar refractivity (Wildman–Crippen MR) is 45.1 cm³/mol. The van der Waals surface area contributed by atoms with Crippen molar-refractivity contribution >= 4 is 19.0 Å². The molecule has 0 aromatic carbocycles. The normalized spacial score (nSPS) is 11.0. The zero-order valence-corrected chi connectivity index (χ0v) is 8.18. The quantitative estimate of drug-likeness (QED) is 0.310. The molecule has 72 valence electrons. The molecule has 0 aromatic rings. The Morgan fingerprint density at radius 2 is 2.08 bits per heavy atom. The van der Waals surface area contributed by atoms with Crippen molar-refractivity contribution in [2.24, 2.45) is 5.41 Å². The molecule has 12 heavy (non-hydrogen) atoms. The standard InChI is InChI=1S/C6H13NO4S/c1-6(2,3)4-9-5(8)7-10-11-12/h12H,4H2,1-3H3,(H,7,8). The molecule has 0 aliphatic carbocycles. The molecular weight excluding hydrogens is 182 g/mol. The van der Waals surface area contributed by atoms with E-state index in [1.807, 2.05) is 26.3 Å². The van der Waals surface area contributed by atoms with Gasteiger partial charge in [0.25, 0.3) is 0 Å². The maximum atomic E-state index is 10.7. The third-order valence-corrected chi connectivity index (χ3v) is 0.873. The van der Waals surface area contributed by atoms with Crippen molar-refractivity contribution in [2.75, 3.05) is 6.61 Å². The first-order chi connectivity index (χ1) is 5.45. The molecule has 6 heteroatoms. The predicted octanol–water partition coefficient (Wildman–Crippen LogP) is 1.47. The number of hydrogen-bond donors (Lipinski definition) is 2. The van der Waals surface area contributed by atoms with Crippen molar-refractivity contribution < 1.29 is 18.9 Å². The van der Waals surface area contributed by atoms with E-state index in [0.717, 1.165) is 0 Å². The van der Waals surface area contributed by atoms with Crippen molar-refractivity contribution in [3.05, 3.63) is 0 Å². The van der Waals surface area contributed by atoms with Gasteiger partial charge in [0.1, 0.15) is 0 Å². The van der Waals surface area contributed by atoms with Gasteiger partial charge in [-0.1, -0.05) is 25.8 Å². The highest BCUT2D eigenvalue weighted by Crippen LogP contribution is 2.12. The topological polar surface area (TPSA) is 56.8 Å². The zero-order valence-electron chi connectivity index (χ0n) is 7.29. The Bertz CT molecular complexity index is 145. The molecule has 1 amide bonds. The van der Waals surface area contributed by atoms with Crippen LogP contribution in [0.3, 0.4) is 0 Å². The molecule has 0 atom stereocenters. The minimum atomic E-state index is -0.709. The highest BCUT2D eigenvalue weighted by atomic mass is 32.1. The Morgan fingerprint density at radius 3 is 2.50 bits per heavy atom. The Labute approximate surface area is 76.9 Å². The summed E-state index contributed by atoms with van der Waals surface area (Å²) in [6, 6.07) is 0. The highest BCUT2D eigenvalue weighted by molar-refractivity contribution is 7.74. The summed E-state index contributed by atoms with van der Waals surface area (Å²) in [5, 5.41) is 0. The van der Waals surface area contributed by atoms with E-state index in [2.05, 4.69) is 22.2 Å². The number of hydroxylamine groups is 1. The van der Waals surface area contributed by atoms with E-state index in [-0.39, 0.29) is 5.41 Å². The number of ether oxygens (including phenoxy) is 1. The molecule has 0 spiro atoms. The monoisotopic (exact) mass is 195 g/mol. The summed E-state index contributed by atoms with van der Waals surface area (Å²) in [6.07, 6.45) is -0.709. The Hall–Kier alpha value is -0.460. The van der Waals surface area contributed by atoms with Crippen molar-refractivity contribution in [1.29, 1.82) is 0 Å². The van der Waals surface area contributed by atoms with Crippen LogP contribution in [0.5, 0.6) is 0 Å². The summed E-state index contributed by atoms with van der Waals surface area (Å²) in [5.41, 5.74) is 1.77. The summed E-state index contributed by atoms with van der Waals surface area (Å²) in [5.74, 6) is 0. The van der Waals surface area contributed by atoms with Gasteiger partial charge in [0.2, 0.25) is 0 Å². The van der Waals surface area contributed by atoms with Gasteiger partial charge in [-0.25, -0.2) is 4.79 Å². The fourth-order valence-corrected chi connectivity index (χ4v) is 0.401. The Balaban J connectivity index is 3.44. The van der Waals surface area contributed by atoms with E-state index in [0.29, 0.717) is 6.61 Å². The number of rotatable bonds is 3. The molecule has 0 unspecified atom stereocenters. The van der Waals surface area contributed by atoms with Crippen molar-refractivity contribution in [3.63, 3.8) is 0 Å². The average Bonchev–Trinajstić information content (AvgIpc) is 1.95. The van der Waals surface area contributed by atoms with E-state index in [4.69, 9.17) is 4.74 Å². The second-order valence-corrected chi connectivity index (χ2v) is 3.55. The largest absolute Gasteiger partial charge is 0.447 e. The molecule has 0 heterocycles. The first-order valence-corrected chi connectivity index (χ1v) is 3.72. The van der Waals surface area contributed by atoms with Gasteiger partial charge in [-0.3, -0.25) is 0 Å². The second kappa shape index (κ2) is 5.23. The summed E-state index contributed by atoms with van der Waals surface area (Å²) in [4.78, 5) is 14.7. The summed E-state index contributed by atoms with van der Waals surface area (Å²) in [6.45, 7) is 6.12. The van der Waals surface area contributed by atoms with Crippen molar-refractivity contribution in [3.8, 4) is 0 Å². The van der Waals surface area contributed by atoms with Crippen LogP contribution < -0.4 is 5.48 Å². The minimum absolute atomic E-state index is 0.0703. The van der Waals surface area contributed by atoms with Crippen molar-refractivity contribution in [1.82, 2.24) is 5.48 Å². The van der Waals surface area contributed by atoms with Gasteiger partial charge >= 0.3 is 6.09 Å². The van der Waals surface area contributed by atoms with E-state index in [9.17, 15) is 4.79 Å². The molecule has 0 rings (SSSR count). The maximum absolute atomic E-state index is 10.7. The van der Waals surface area contributed by atoms with Gasteiger partial charge in [-0.2, -0.15) is 5.48 Å². The number of carbonyl (C=O) groups is 1. The van der Waals surface area contributed by atoms with Gasteiger partial charge in [-0.15, -0.1) is 4.33 Å². The average molecular weight is 195 g/mol. The second-order valence-electron chi connectivity index (χ2n) is 3.40. The minimum Gasteiger partial charge on any atom is -0.447 e. The van der Waals surface area contributed by atoms with E-state index >= 15 is 0 Å². The summed E-state index contributed by atoms with van der Waals surface area (Å²) < 4.78 is 8.55. The molecule has 0 aliphatic rings. The number of nitrogens with one attached hydrogen (secondary N) is 1. The molecule has 0 bridgehead atoms. The van der Waals surface area contributed by atoms with Crippen LogP contribution in [0.4, 0.5) is 4.79 Å². The van der Waals surface area contributed by atoms with Gasteiger partial charge < -0.3 is 4.74 Å². The first kappa shape index (κ1) is 11.5. The van der Waals surface area contributed by atoms with Crippen LogP contribution >= 0.6 is 12.9 Å². The lowest BCUT2D eigenvalue weighted by atomic mass is 9.99. The molecule has 0 fully saturated rings. The van der Waals surface area contributed by atoms with Crippen LogP contribution in [0.15, 0.2) is 0 Å².